The minimum absolute atomic E-state index is 0.102. The quantitative estimate of drug-likeness (QED) is 0.735. The van der Waals surface area contributed by atoms with Crippen molar-refractivity contribution in [2.24, 2.45) is 11.7 Å². The topological polar surface area (TPSA) is 69.4 Å². The smallest absolute Gasteiger partial charge is 0.148 e. The summed E-state index contributed by atoms with van der Waals surface area (Å²) in [5, 5.41) is 0. The van der Waals surface area contributed by atoms with E-state index in [2.05, 4.69) is 0 Å². The number of nitrogens with two attached hydrogens (primary N) is 1. The van der Waals surface area contributed by atoms with Gasteiger partial charge in [0.05, 0.1) is 5.75 Å². The fourth-order valence-corrected chi connectivity index (χ4v) is 2.78. The summed E-state index contributed by atoms with van der Waals surface area (Å²) in [5.74, 6) is 0.644. The van der Waals surface area contributed by atoms with E-state index in [1.165, 1.54) is 6.26 Å². The van der Waals surface area contributed by atoms with E-state index in [4.69, 9.17) is 10.5 Å². The van der Waals surface area contributed by atoms with E-state index in [0.29, 0.717) is 5.92 Å². The van der Waals surface area contributed by atoms with Crippen LogP contribution in [0.25, 0.3) is 0 Å². The van der Waals surface area contributed by atoms with Crippen molar-refractivity contribution < 1.29 is 13.2 Å². The molecule has 1 saturated heterocycles. The molecule has 1 aliphatic heterocycles. The summed E-state index contributed by atoms with van der Waals surface area (Å²) in [6, 6.07) is -0.215. The van der Waals surface area contributed by atoms with Gasteiger partial charge in [-0.15, -0.1) is 0 Å². The average molecular weight is 221 g/mol. The number of hydrogen-bond donors (Lipinski definition) is 1. The molecule has 4 nitrogen and oxygen atoms in total. The minimum Gasteiger partial charge on any atom is -0.381 e. The lowest BCUT2D eigenvalue weighted by Gasteiger charge is -2.24. The second-order valence-electron chi connectivity index (χ2n) is 4.14. The maximum Gasteiger partial charge on any atom is 0.148 e. The zero-order chi connectivity index (χ0) is 10.6. The molecule has 0 aliphatic carbocycles. The molecule has 1 unspecified atom stereocenters. The summed E-state index contributed by atoms with van der Waals surface area (Å²) in [6.45, 7) is 1.58. The Morgan fingerprint density at radius 2 is 2.00 bits per heavy atom. The van der Waals surface area contributed by atoms with Crippen LogP contribution in [0.3, 0.4) is 0 Å². The zero-order valence-corrected chi connectivity index (χ0v) is 9.42. The molecular formula is C9H19NO3S. The highest BCUT2D eigenvalue weighted by Gasteiger charge is 2.19. The van der Waals surface area contributed by atoms with Crippen molar-refractivity contribution in [3.63, 3.8) is 0 Å². The molecule has 1 rings (SSSR count). The second kappa shape index (κ2) is 5.09. The summed E-state index contributed by atoms with van der Waals surface area (Å²) in [5.41, 5.74) is 5.77. The molecule has 0 radical (unpaired) electrons. The van der Waals surface area contributed by atoms with Crippen LogP contribution in [0.15, 0.2) is 0 Å². The third-order valence-electron chi connectivity index (χ3n) is 2.49. The molecule has 84 valence electrons. The van der Waals surface area contributed by atoms with Gasteiger partial charge >= 0.3 is 0 Å². The molecule has 0 aromatic rings. The van der Waals surface area contributed by atoms with Crippen LogP contribution in [0.4, 0.5) is 0 Å². The number of rotatable bonds is 4. The van der Waals surface area contributed by atoms with Gasteiger partial charge in [0, 0.05) is 25.5 Å². The molecule has 1 heterocycles. The Morgan fingerprint density at radius 3 is 2.50 bits per heavy atom. The molecule has 14 heavy (non-hydrogen) atoms. The van der Waals surface area contributed by atoms with E-state index < -0.39 is 9.84 Å². The Balaban J connectivity index is 2.28. The molecule has 0 spiro atoms. The molecule has 0 bridgehead atoms. The fourth-order valence-electron chi connectivity index (χ4n) is 1.87. The van der Waals surface area contributed by atoms with Crippen LogP contribution in [0.1, 0.15) is 19.3 Å². The Hall–Kier alpha value is -0.130. The van der Waals surface area contributed by atoms with E-state index in [1.54, 1.807) is 0 Å². The lowest BCUT2D eigenvalue weighted by Crippen LogP contribution is -2.32. The van der Waals surface area contributed by atoms with Gasteiger partial charge in [-0.1, -0.05) is 0 Å². The van der Waals surface area contributed by atoms with Gasteiger partial charge in [-0.25, -0.2) is 8.42 Å². The Morgan fingerprint density at radius 1 is 1.43 bits per heavy atom. The van der Waals surface area contributed by atoms with Crippen molar-refractivity contribution in [2.75, 3.05) is 25.2 Å². The van der Waals surface area contributed by atoms with Gasteiger partial charge < -0.3 is 10.5 Å². The fraction of sp³-hybridized carbons (Fsp3) is 1.00. The first-order valence-corrected chi connectivity index (χ1v) is 7.04. The van der Waals surface area contributed by atoms with Crippen LogP contribution >= 0.6 is 0 Å². The third-order valence-corrected chi connectivity index (χ3v) is 3.53. The largest absolute Gasteiger partial charge is 0.381 e. The molecule has 0 aromatic carbocycles. The van der Waals surface area contributed by atoms with Gasteiger partial charge in [-0.2, -0.15) is 0 Å². The van der Waals surface area contributed by atoms with E-state index in [1.807, 2.05) is 0 Å². The van der Waals surface area contributed by atoms with Gasteiger partial charge in [-0.05, 0) is 25.2 Å². The monoisotopic (exact) mass is 221 g/mol. The van der Waals surface area contributed by atoms with Crippen molar-refractivity contribution in [2.45, 2.75) is 25.3 Å². The van der Waals surface area contributed by atoms with Crippen molar-refractivity contribution in [1.82, 2.24) is 0 Å². The minimum atomic E-state index is -2.93. The predicted octanol–water partition coefficient (Wildman–Crippen LogP) is 0.175. The molecule has 1 atom stereocenters. The second-order valence-corrected chi connectivity index (χ2v) is 6.33. The normalized spacial score (nSPS) is 22.1. The lowest BCUT2D eigenvalue weighted by molar-refractivity contribution is 0.0625. The summed E-state index contributed by atoms with van der Waals surface area (Å²) >= 11 is 0. The molecule has 1 fully saturated rings. The maximum atomic E-state index is 11.0. The van der Waals surface area contributed by atoms with Crippen LogP contribution in [0.5, 0.6) is 0 Å². The Kier molecular flexibility index (Phi) is 4.34. The lowest BCUT2D eigenvalue weighted by atomic mass is 9.93. The van der Waals surface area contributed by atoms with Crippen molar-refractivity contribution in [3.8, 4) is 0 Å². The van der Waals surface area contributed by atoms with Gasteiger partial charge in [0.25, 0.3) is 0 Å². The van der Waals surface area contributed by atoms with Crippen molar-refractivity contribution in [3.05, 3.63) is 0 Å². The molecule has 0 amide bonds. The van der Waals surface area contributed by atoms with E-state index >= 15 is 0 Å². The third kappa shape index (κ3) is 4.93. The highest BCUT2D eigenvalue weighted by molar-refractivity contribution is 7.90. The van der Waals surface area contributed by atoms with Gasteiger partial charge in [0.15, 0.2) is 0 Å². The Bertz CT molecular complexity index is 257. The van der Waals surface area contributed by atoms with E-state index in [9.17, 15) is 8.42 Å². The summed E-state index contributed by atoms with van der Waals surface area (Å²) < 4.78 is 27.2. The van der Waals surface area contributed by atoms with Gasteiger partial charge in [0.2, 0.25) is 0 Å². The first-order valence-electron chi connectivity index (χ1n) is 4.98. The average Bonchev–Trinajstić information content (AvgIpc) is 2.02. The standard InChI is InChI=1S/C9H19NO3S/c1-14(11,12)7-9(10)6-8-2-4-13-5-3-8/h8-9H,2-7,10H2,1H3. The molecular weight excluding hydrogens is 202 g/mol. The van der Waals surface area contributed by atoms with Crippen molar-refractivity contribution in [1.29, 1.82) is 0 Å². The summed E-state index contributed by atoms with van der Waals surface area (Å²) in [6.07, 6.45) is 4.06. The van der Waals surface area contributed by atoms with Crippen LogP contribution in [-0.4, -0.2) is 39.7 Å². The first kappa shape index (κ1) is 11.9. The van der Waals surface area contributed by atoms with Crippen LogP contribution in [0, 0.1) is 5.92 Å². The number of hydrogen-bond acceptors (Lipinski definition) is 4. The van der Waals surface area contributed by atoms with Crippen molar-refractivity contribution >= 4 is 9.84 Å². The zero-order valence-electron chi connectivity index (χ0n) is 8.61. The van der Waals surface area contributed by atoms with Crippen LogP contribution in [0.2, 0.25) is 0 Å². The summed E-state index contributed by atoms with van der Waals surface area (Å²) in [7, 11) is -2.93. The maximum absolute atomic E-state index is 11.0. The van der Waals surface area contributed by atoms with Crippen LogP contribution < -0.4 is 5.73 Å². The highest BCUT2D eigenvalue weighted by atomic mass is 32.2. The predicted molar refractivity (Wildman–Crippen MR) is 55.8 cm³/mol. The number of ether oxygens (including phenoxy) is 1. The van der Waals surface area contributed by atoms with Crippen LogP contribution in [-0.2, 0) is 14.6 Å². The van der Waals surface area contributed by atoms with E-state index in [0.717, 1.165) is 32.5 Å². The number of sulfone groups is 1. The first-order chi connectivity index (χ1) is 6.47. The molecule has 1 aliphatic rings. The molecule has 5 heteroatoms. The SMILES string of the molecule is CS(=O)(=O)CC(N)CC1CCOCC1. The van der Waals surface area contributed by atoms with E-state index in [-0.39, 0.29) is 11.8 Å². The molecule has 2 N–H and O–H groups in total. The van der Waals surface area contributed by atoms with Gasteiger partial charge in [0.1, 0.15) is 9.84 Å². The molecule has 0 saturated carbocycles. The van der Waals surface area contributed by atoms with Gasteiger partial charge in [-0.3, -0.25) is 0 Å². The summed E-state index contributed by atoms with van der Waals surface area (Å²) in [4.78, 5) is 0. The highest BCUT2D eigenvalue weighted by Crippen LogP contribution is 2.19. The molecule has 0 aromatic heterocycles. The Labute approximate surface area is 85.7 Å².